The van der Waals surface area contributed by atoms with Crippen molar-refractivity contribution in [3.05, 3.63) is 125 Å². The molecule has 0 aliphatic heterocycles. The molecular weight excluding hydrogens is 633 g/mol. The lowest BCUT2D eigenvalue weighted by Crippen LogP contribution is -2.39. The number of hydrogen-bond donors (Lipinski definition) is 2. The molecule has 0 fully saturated rings. The summed E-state index contributed by atoms with van der Waals surface area (Å²) in [6.07, 6.45) is 3.59. The first-order valence-corrected chi connectivity index (χ1v) is 17.6. The summed E-state index contributed by atoms with van der Waals surface area (Å²) in [5.41, 5.74) is 13.1. The molecule has 1 heterocycles. The van der Waals surface area contributed by atoms with Crippen molar-refractivity contribution in [2.75, 3.05) is 0 Å². The van der Waals surface area contributed by atoms with E-state index in [4.69, 9.17) is 10.7 Å². The number of rotatable bonds is 13. The average molecular weight is 677 g/mol. The smallest absolute Gasteiger partial charge is 0.336 e. The van der Waals surface area contributed by atoms with Gasteiger partial charge < -0.3 is 15.4 Å². The number of aromatic nitrogens is 2. The third-order valence-corrected chi connectivity index (χ3v) is 9.88. The molecule has 3 N–H and O–H groups in total. The van der Waals surface area contributed by atoms with Crippen LogP contribution in [0.4, 0.5) is 0 Å². The largest absolute Gasteiger partial charge is 0.478 e. The predicted molar refractivity (Wildman–Crippen MR) is 198 cm³/mol. The van der Waals surface area contributed by atoms with Crippen LogP contribution < -0.4 is 5.73 Å². The van der Waals surface area contributed by atoms with Gasteiger partial charge >= 0.3 is 5.97 Å². The van der Waals surface area contributed by atoms with E-state index in [0.29, 0.717) is 30.5 Å². The lowest BCUT2D eigenvalue weighted by atomic mass is 9.98. The van der Waals surface area contributed by atoms with Gasteiger partial charge in [-0.3, -0.25) is 13.9 Å². The number of imidazole rings is 1. The van der Waals surface area contributed by atoms with Gasteiger partial charge in [0.1, 0.15) is 5.82 Å². The van der Waals surface area contributed by atoms with Crippen molar-refractivity contribution < 1.29 is 19.5 Å². The Morgan fingerprint density at radius 3 is 2.29 bits per heavy atom. The standard InChI is InChI=1S/C40H44N4O4S/c1-5-12-34(41)40(48)49-44(27(4)23-28-14-8-7-9-15-28)38(45)31-22-26(3)37-35(24-31)43(36(42-37)13-6-2)25-29-18-20-30(21-19-29)32-16-10-11-17-33(32)39(46)47/h7-11,14-22,24,27,34H,5-6,12-13,23,25,41H2,1-4H3,(H,46,47). The Hall–Kier alpha value is -4.73. The van der Waals surface area contributed by atoms with Crippen LogP contribution in [-0.4, -0.2) is 48.0 Å². The fourth-order valence-corrected chi connectivity index (χ4v) is 7.03. The Labute approximate surface area is 292 Å². The van der Waals surface area contributed by atoms with E-state index in [9.17, 15) is 19.5 Å². The summed E-state index contributed by atoms with van der Waals surface area (Å²) in [5, 5.41) is 9.45. The molecule has 5 aromatic rings. The number of aromatic carboxylic acids is 1. The number of carboxylic acid groups (broad SMARTS) is 1. The van der Waals surface area contributed by atoms with Gasteiger partial charge in [-0.15, -0.1) is 0 Å². The number of aryl methyl sites for hydroxylation is 2. The van der Waals surface area contributed by atoms with Gasteiger partial charge in [0.05, 0.1) is 22.6 Å². The molecule has 0 saturated carbocycles. The summed E-state index contributed by atoms with van der Waals surface area (Å²) in [6.45, 7) is 8.55. The lowest BCUT2D eigenvalue weighted by molar-refractivity contribution is -0.112. The maximum atomic E-state index is 14.4. The Balaban J connectivity index is 1.50. The first-order valence-electron chi connectivity index (χ1n) is 16.9. The lowest BCUT2D eigenvalue weighted by Gasteiger charge is -2.28. The van der Waals surface area contributed by atoms with Crippen LogP contribution in [-0.2, 0) is 24.2 Å². The third-order valence-electron chi connectivity index (χ3n) is 8.67. The van der Waals surface area contributed by atoms with E-state index in [0.717, 1.165) is 70.3 Å². The maximum Gasteiger partial charge on any atom is 0.336 e. The number of carboxylic acids is 1. The number of hydrogen-bond acceptors (Lipinski definition) is 6. The predicted octanol–water partition coefficient (Wildman–Crippen LogP) is 8.09. The molecule has 9 heteroatoms. The second-order valence-electron chi connectivity index (χ2n) is 12.5. The van der Waals surface area contributed by atoms with Gasteiger partial charge in [-0.05, 0) is 79.1 Å². The summed E-state index contributed by atoms with van der Waals surface area (Å²) in [6, 6.07) is 27.7. The van der Waals surface area contributed by atoms with Gasteiger partial charge in [-0.1, -0.05) is 93.1 Å². The summed E-state index contributed by atoms with van der Waals surface area (Å²) < 4.78 is 3.75. The van der Waals surface area contributed by atoms with E-state index in [-0.39, 0.29) is 22.6 Å². The maximum absolute atomic E-state index is 14.4. The van der Waals surface area contributed by atoms with Crippen LogP contribution >= 0.6 is 11.9 Å². The zero-order valence-electron chi connectivity index (χ0n) is 28.6. The van der Waals surface area contributed by atoms with E-state index < -0.39 is 12.0 Å². The Morgan fingerprint density at radius 2 is 1.61 bits per heavy atom. The summed E-state index contributed by atoms with van der Waals surface area (Å²) in [5.74, 6) is -0.286. The minimum Gasteiger partial charge on any atom is -0.478 e. The highest BCUT2D eigenvalue weighted by molar-refractivity contribution is 8.12. The topological polar surface area (TPSA) is 119 Å². The molecule has 5 rings (SSSR count). The molecule has 2 unspecified atom stereocenters. The summed E-state index contributed by atoms with van der Waals surface area (Å²) in [4.78, 5) is 44.4. The molecule has 4 aromatic carbocycles. The van der Waals surface area contributed by atoms with E-state index in [1.165, 1.54) is 0 Å². The third kappa shape index (κ3) is 8.29. The second-order valence-corrected chi connectivity index (χ2v) is 13.5. The minimum absolute atomic E-state index is 0.224. The SMILES string of the molecule is CCCc1nc2c(C)cc(C(=O)N(SC(=O)C(N)CCC)C(C)Cc3ccccc3)cc2n1Cc1ccc(-c2ccccc2C(=O)O)cc1. The van der Waals surface area contributed by atoms with Crippen molar-refractivity contribution in [3.8, 4) is 11.1 Å². The summed E-state index contributed by atoms with van der Waals surface area (Å²) >= 11 is 0.917. The van der Waals surface area contributed by atoms with Gasteiger partial charge in [-0.2, -0.15) is 0 Å². The number of carbonyl (C=O) groups excluding carboxylic acids is 2. The normalized spacial score (nSPS) is 12.5. The van der Waals surface area contributed by atoms with Crippen LogP contribution in [0, 0.1) is 6.92 Å². The van der Waals surface area contributed by atoms with Gasteiger partial charge in [0.25, 0.3) is 5.91 Å². The van der Waals surface area contributed by atoms with Gasteiger partial charge in [0.15, 0.2) is 0 Å². The quantitative estimate of drug-likeness (QED) is 0.121. The molecule has 0 saturated heterocycles. The van der Waals surface area contributed by atoms with Gasteiger partial charge in [-0.25, -0.2) is 9.78 Å². The molecule has 1 amide bonds. The number of fused-ring (bicyclic) bond motifs is 1. The number of carbonyl (C=O) groups is 3. The number of nitrogens with two attached hydrogens (primary N) is 1. The molecule has 0 radical (unpaired) electrons. The minimum atomic E-state index is -0.964. The molecule has 8 nitrogen and oxygen atoms in total. The van der Waals surface area contributed by atoms with Crippen LogP contribution in [0.15, 0.2) is 91.0 Å². The van der Waals surface area contributed by atoms with Crippen LogP contribution in [0.5, 0.6) is 0 Å². The van der Waals surface area contributed by atoms with Crippen molar-refractivity contribution >= 4 is 40.0 Å². The van der Waals surface area contributed by atoms with Crippen LogP contribution in [0.1, 0.15) is 83.3 Å². The van der Waals surface area contributed by atoms with Crippen molar-refractivity contribution in [1.82, 2.24) is 13.9 Å². The first-order chi connectivity index (χ1) is 23.6. The van der Waals surface area contributed by atoms with Gasteiger partial charge in [0.2, 0.25) is 5.12 Å². The molecular formula is C40H44N4O4S. The van der Waals surface area contributed by atoms with E-state index in [1.54, 1.807) is 16.4 Å². The highest BCUT2D eigenvalue weighted by atomic mass is 32.2. The van der Waals surface area contributed by atoms with E-state index in [1.807, 2.05) is 99.6 Å². The number of benzene rings is 4. The highest BCUT2D eigenvalue weighted by Crippen LogP contribution is 2.30. The first kappa shape index (κ1) is 35.6. The number of nitrogens with zero attached hydrogens (tertiary/aromatic N) is 3. The Bertz CT molecular complexity index is 1940. The van der Waals surface area contributed by atoms with Crippen molar-refractivity contribution in [1.29, 1.82) is 0 Å². The molecule has 49 heavy (non-hydrogen) atoms. The summed E-state index contributed by atoms with van der Waals surface area (Å²) in [7, 11) is 0. The molecule has 1 aromatic heterocycles. The van der Waals surface area contributed by atoms with Crippen LogP contribution in [0.25, 0.3) is 22.2 Å². The Morgan fingerprint density at radius 1 is 0.918 bits per heavy atom. The zero-order valence-corrected chi connectivity index (χ0v) is 29.4. The number of amides is 1. The zero-order chi connectivity index (χ0) is 35.1. The fraction of sp³-hybridized carbons (Fsp3) is 0.300. The molecule has 0 bridgehead atoms. The molecule has 0 aliphatic rings. The van der Waals surface area contributed by atoms with Crippen LogP contribution in [0.3, 0.4) is 0 Å². The van der Waals surface area contributed by atoms with Gasteiger partial charge in [0, 0.05) is 36.5 Å². The average Bonchev–Trinajstić information content (AvgIpc) is 3.44. The molecule has 0 spiro atoms. The van der Waals surface area contributed by atoms with Crippen molar-refractivity contribution in [3.63, 3.8) is 0 Å². The van der Waals surface area contributed by atoms with Crippen molar-refractivity contribution in [2.24, 2.45) is 5.73 Å². The van der Waals surface area contributed by atoms with E-state index >= 15 is 0 Å². The molecule has 0 aliphatic carbocycles. The highest BCUT2D eigenvalue weighted by Gasteiger charge is 2.29. The van der Waals surface area contributed by atoms with Crippen molar-refractivity contribution in [2.45, 2.75) is 78.4 Å². The van der Waals surface area contributed by atoms with E-state index in [2.05, 4.69) is 11.5 Å². The fourth-order valence-electron chi connectivity index (χ4n) is 6.14. The monoisotopic (exact) mass is 676 g/mol. The second kappa shape index (κ2) is 16.1. The molecule has 2 atom stereocenters. The molecule has 254 valence electrons. The Kier molecular flexibility index (Phi) is 11.7. The van der Waals surface area contributed by atoms with Crippen LogP contribution in [0.2, 0.25) is 0 Å².